The van der Waals surface area contributed by atoms with E-state index in [9.17, 15) is 4.39 Å². The summed E-state index contributed by atoms with van der Waals surface area (Å²) in [6.07, 6.45) is 5.80. The van der Waals surface area contributed by atoms with E-state index in [1.165, 1.54) is 11.5 Å². The third-order valence-corrected chi connectivity index (χ3v) is 5.90. The van der Waals surface area contributed by atoms with Crippen LogP contribution in [-0.2, 0) is 13.0 Å². The molecule has 3 aromatic rings. The maximum absolute atomic E-state index is 14.5. The predicted molar refractivity (Wildman–Crippen MR) is 117 cm³/mol. The van der Waals surface area contributed by atoms with Gasteiger partial charge in [0.1, 0.15) is 11.6 Å². The molecule has 8 nitrogen and oxygen atoms in total. The Morgan fingerprint density at radius 1 is 1.27 bits per heavy atom. The van der Waals surface area contributed by atoms with Crippen LogP contribution in [0.15, 0.2) is 41.9 Å². The van der Waals surface area contributed by atoms with Crippen molar-refractivity contribution in [3.05, 3.63) is 54.1 Å². The van der Waals surface area contributed by atoms with Gasteiger partial charge in [0.05, 0.1) is 12.0 Å². The van der Waals surface area contributed by atoms with Gasteiger partial charge < -0.3 is 19.7 Å². The van der Waals surface area contributed by atoms with E-state index in [0.29, 0.717) is 12.2 Å². The number of piperazine rings is 1. The fraction of sp³-hybridized carbons (Fsp3) is 0.400. The van der Waals surface area contributed by atoms with Gasteiger partial charge in [0.25, 0.3) is 0 Å². The molecule has 3 heterocycles. The van der Waals surface area contributed by atoms with Crippen LogP contribution in [0.5, 0.6) is 0 Å². The van der Waals surface area contributed by atoms with Gasteiger partial charge in [0.2, 0.25) is 5.13 Å². The minimum absolute atomic E-state index is 0.278. The van der Waals surface area contributed by atoms with E-state index in [1.54, 1.807) is 42.5 Å². The lowest BCUT2D eigenvalue weighted by atomic mass is 10.2. The zero-order valence-electron chi connectivity index (χ0n) is 17.1. The second kappa shape index (κ2) is 9.21. The molecule has 0 radical (unpaired) electrons. The highest BCUT2D eigenvalue weighted by Gasteiger charge is 2.22. The van der Waals surface area contributed by atoms with Crippen LogP contribution in [0.2, 0.25) is 0 Å². The first-order valence-electron chi connectivity index (χ1n) is 9.97. The average molecular weight is 429 g/mol. The molecule has 1 fully saturated rings. The van der Waals surface area contributed by atoms with Crippen molar-refractivity contribution in [2.75, 3.05) is 38.1 Å². The van der Waals surface area contributed by atoms with Crippen LogP contribution in [0.3, 0.4) is 0 Å². The number of hydrogen-bond donors (Lipinski definition) is 1. The zero-order valence-corrected chi connectivity index (χ0v) is 17.9. The van der Waals surface area contributed by atoms with Crippen molar-refractivity contribution in [1.29, 1.82) is 0 Å². The predicted octanol–water partition coefficient (Wildman–Crippen LogP) is 2.32. The highest BCUT2D eigenvalue weighted by Crippen LogP contribution is 2.19. The van der Waals surface area contributed by atoms with Gasteiger partial charge >= 0.3 is 0 Å². The van der Waals surface area contributed by atoms with Gasteiger partial charge in [-0.3, -0.25) is 4.99 Å². The molecule has 4 rings (SSSR count). The minimum Gasteiger partial charge on any atom is -0.352 e. The summed E-state index contributed by atoms with van der Waals surface area (Å²) >= 11 is 1.46. The molecule has 0 aliphatic carbocycles. The van der Waals surface area contributed by atoms with E-state index in [-0.39, 0.29) is 5.82 Å². The molecule has 0 unspecified atom stereocenters. The topological polar surface area (TPSA) is 74.5 Å². The molecule has 1 aliphatic heterocycles. The standard InChI is InChI=1S/C20H25FN8S/c1-3-18-25-20(30-26-18)28-10-8-27(9-11-28)19(22-2)24-13-15-4-5-17(16(21)12-15)29-7-6-23-14-29/h4-7,12,14H,3,8-11,13H2,1-2H3,(H,22,24). The van der Waals surface area contributed by atoms with Gasteiger partial charge in [0, 0.05) is 70.1 Å². The zero-order chi connectivity index (χ0) is 20.9. The Morgan fingerprint density at radius 3 is 2.73 bits per heavy atom. The van der Waals surface area contributed by atoms with Crippen LogP contribution in [-0.4, -0.2) is 63.0 Å². The van der Waals surface area contributed by atoms with Gasteiger partial charge in [0.15, 0.2) is 5.96 Å². The highest BCUT2D eigenvalue weighted by molar-refractivity contribution is 7.09. The van der Waals surface area contributed by atoms with Crippen LogP contribution in [0.4, 0.5) is 9.52 Å². The molecular formula is C20H25FN8S. The van der Waals surface area contributed by atoms with Crippen molar-refractivity contribution in [2.45, 2.75) is 19.9 Å². The van der Waals surface area contributed by atoms with Crippen molar-refractivity contribution in [1.82, 2.24) is 29.1 Å². The molecule has 0 saturated carbocycles. The number of aromatic nitrogens is 4. The van der Waals surface area contributed by atoms with Crippen molar-refractivity contribution < 1.29 is 4.39 Å². The summed E-state index contributed by atoms with van der Waals surface area (Å²) in [6, 6.07) is 5.23. The van der Waals surface area contributed by atoms with E-state index in [2.05, 4.69) is 41.4 Å². The monoisotopic (exact) mass is 428 g/mol. The number of nitrogens with one attached hydrogen (secondary N) is 1. The molecule has 1 saturated heterocycles. The van der Waals surface area contributed by atoms with Crippen LogP contribution in [0.1, 0.15) is 18.3 Å². The third-order valence-electron chi connectivity index (χ3n) is 5.08. The number of rotatable bonds is 5. The maximum atomic E-state index is 14.5. The third kappa shape index (κ3) is 4.43. The van der Waals surface area contributed by atoms with E-state index in [4.69, 9.17) is 0 Å². The highest BCUT2D eigenvalue weighted by atomic mass is 32.1. The number of anilines is 1. The largest absolute Gasteiger partial charge is 0.352 e. The Balaban J connectivity index is 1.33. The van der Waals surface area contributed by atoms with Crippen LogP contribution < -0.4 is 10.2 Å². The second-order valence-corrected chi connectivity index (χ2v) is 7.71. The van der Waals surface area contributed by atoms with E-state index in [0.717, 1.165) is 55.1 Å². The lowest BCUT2D eigenvalue weighted by Crippen LogP contribution is -2.52. The lowest BCUT2D eigenvalue weighted by molar-refractivity contribution is 0.372. The second-order valence-electron chi connectivity index (χ2n) is 6.98. The summed E-state index contributed by atoms with van der Waals surface area (Å²) in [5.41, 5.74) is 1.34. The summed E-state index contributed by atoms with van der Waals surface area (Å²) in [7, 11) is 1.77. The lowest BCUT2D eigenvalue weighted by Gasteiger charge is -2.36. The first kappa shape index (κ1) is 20.3. The summed E-state index contributed by atoms with van der Waals surface area (Å²) < 4.78 is 20.5. The molecule has 158 valence electrons. The average Bonchev–Trinajstić information content (AvgIpc) is 3.47. The van der Waals surface area contributed by atoms with E-state index < -0.39 is 0 Å². The molecule has 1 N–H and O–H groups in total. The van der Waals surface area contributed by atoms with Crippen molar-refractivity contribution in [3.8, 4) is 5.69 Å². The number of hydrogen-bond acceptors (Lipinski definition) is 6. The van der Waals surface area contributed by atoms with Gasteiger partial charge in [-0.25, -0.2) is 14.4 Å². The number of aryl methyl sites for hydroxylation is 1. The summed E-state index contributed by atoms with van der Waals surface area (Å²) in [4.78, 5) is 17.4. The first-order chi connectivity index (χ1) is 14.7. The fourth-order valence-electron chi connectivity index (χ4n) is 3.41. The van der Waals surface area contributed by atoms with Gasteiger partial charge in [-0.05, 0) is 17.7 Å². The molecule has 0 bridgehead atoms. The number of halogens is 1. The quantitative estimate of drug-likeness (QED) is 0.497. The molecule has 0 spiro atoms. The maximum Gasteiger partial charge on any atom is 0.205 e. The van der Waals surface area contributed by atoms with Crippen molar-refractivity contribution >= 4 is 22.6 Å². The summed E-state index contributed by atoms with van der Waals surface area (Å²) in [5, 5.41) is 4.34. The Bertz CT molecular complexity index is 992. The first-order valence-corrected chi connectivity index (χ1v) is 10.7. The molecule has 0 atom stereocenters. The molecule has 2 aromatic heterocycles. The SMILES string of the molecule is CCc1nsc(N2CCN(C(=NC)NCc3ccc(-n4ccnc4)c(F)c3)CC2)n1. The number of nitrogens with zero attached hydrogens (tertiary/aromatic N) is 7. The Kier molecular flexibility index (Phi) is 6.22. The van der Waals surface area contributed by atoms with Crippen LogP contribution in [0.25, 0.3) is 5.69 Å². The molecule has 10 heteroatoms. The van der Waals surface area contributed by atoms with Gasteiger partial charge in [-0.15, -0.1) is 0 Å². The summed E-state index contributed by atoms with van der Waals surface area (Å²) in [5.74, 6) is 1.45. The number of guanidine groups is 1. The smallest absolute Gasteiger partial charge is 0.205 e. The Hall–Kier alpha value is -3.01. The normalized spacial score (nSPS) is 15.0. The van der Waals surface area contributed by atoms with Gasteiger partial charge in [-0.2, -0.15) is 4.37 Å². The van der Waals surface area contributed by atoms with E-state index >= 15 is 0 Å². The molecular weight excluding hydrogens is 403 g/mol. The molecule has 1 aliphatic rings. The Morgan fingerprint density at radius 2 is 2.10 bits per heavy atom. The summed E-state index contributed by atoms with van der Waals surface area (Å²) in [6.45, 7) is 5.99. The number of benzene rings is 1. The minimum atomic E-state index is -0.278. The number of imidazole rings is 1. The van der Waals surface area contributed by atoms with Crippen molar-refractivity contribution in [3.63, 3.8) is 0 Å². The van der Waals surface area contributed by atoms with Crippen molar-refractivity contribution in [2.24, 2.45) is 4.99 Å². The Labute approximate surface area is 179 Å². The van der Waals surface area contributed by atoms with Gasteiger partial charge in [-0.1, -0.05) is 13.0 Å². The van der Waals surface area contributed by atoms with E-state index in [1.807, 2.05) is 6.07 Å². The fourth-order valence-corrected chi connectivity index (χ4v) is 4.21. The number of aliphatic imine (C=N–C) groups is 1. The molecule has 0 amide bonds. The van der Waals surface area contributed by atoms with Crippen LogP contribution in [0, 0.1) is 5.82 Å². The molecule has 30 heavy (non-hydrogen) atoms. The molecule has 1 aromatic carbocycles. The van der Waals surface area contributed by atoms with Crippen LogP contribution >= 0.6 is 11.5 Å².